The maximum atomic E-state index is 11.5. The molecule has 0 radical (unpaired) electrons. The van der Waals surface area contributed by atoms with Gasteiger partial charge in [-0.2, -0.15) is 0 Å². The van der Waals surface area contributed by atoms with E-state index in [9.17, 15) is 4.79 Å². The molecule has 74 valence electrons. The Morgan fingerprint density at radius 3 is 2.46 bits per heavy atom. The SMILES string of the molecule is O=C(NC(CO)C1CC1)C1CCC1. The number of rotatable bonds is 4. The van der Waals surface area contributed by atoms with Gasteiger partial charge in [-0.1, -0.05) is 6.42 Å². The predicted octanol–water partition coefficient (Wildman–Crippen LogP) is 0.674. The van der Waals surface area contributed by atoms with Crippen molar-refractivity contribution in [1.29, 1.82) is 0 Å². The summed E-state index contributed by atoms with van der Waals surface area (Å²) in [5, 5.41) is 12.0. The van der Waals surface area contributed by atoms with Crippen molar-refractivity contribution < 1.29 is 9.90 Å². The molecule has 3 nitrogen and oxygen atoms in total. The van der Waals surface area contributed by atoms with Crippen molar-refractivity contribution in [1.82, 2.24) is 5.32 Å². The maximum absolute atomic E-state index is 11.5. The highest BCUT2D eigenvalue weighted by atomic mass is 16.3. The van der Waals surface area contributed by atoms with Gasteiger partial charge in [0.05, 0.1) is 12.6 Å². The first kappa shape index (κ1) is 9.00. The predicted molar refractivity (Wildman–Crippen MR) is 49.1 cm³/mol. The van der Waals surface area contributed by atoms with Gasteiger partial charge in [0, 0.05) is 5.92 Å². The fourth-order valence-electron chi connectivity index (χ4n) is 1.78. The normalized spacial score (nSPS) is 25.0. The van der Waals surface area contributed by atoms with Gasteiger partial charge in [0.1, 0.15) is 0 Å². The van der Waals surface area contributed by atoms with Crippen LogP contribution in [0.15, 0.2) is 0 Å². The highest BCUT2D eigenvalue weighted by Crippen LogP contribution is 2.33. The van der Waals surface area contributed by atoms with Gasteiger partial charge in [-0.25, -0.2) is 0 Å². The Morgan fingerprint density at radius 1 is 1.38 bits per heavy atom. The van der Waals surface area contributed by atoms with Crippen molar-refractivity contribution in [3.8, 4) is 0 Å². The summed E-state index contributed by atoms with van der Waals surface area (Å²) in [6.45, 7) is 0.100. The summed E-state index contributed by atoms with van der Waals surface area (Å²) in [5.74, 6) is 0.957. The highest BCUT2D eigenvalue weighted by Gasteiger charge is 2.34. The molecule has 2 fully saturated rings. The van der Waals surface area contributed by atoms with Gasteiger partial charge in [0.15, 0.2) is 0 Å². The van der Waals surface area contributed by atoms with E-state index in [1.54, 1.807) is 0 Å². The molecule has 1 amide bonds. The molecule has 0 heterocycles. The van der Waals surface area contributed by atoms with Crippen molar-refractivity contribution in [3.63, 3.8) is 0 Å². The molecule has 0 saturated heterocycles. The second-order valence-electron chi connectivity index (χ2n) is 4.26. The molecule has 13 heavy (non-hydrogen) atoms. The molecule has 0 aromatic heterocycles. The van der Waals surface area contributed by atoms with Crippen molar-refractivity contribution >= 4 is 5.91 Å². The molecule has 0 aromatic carbocycles. The number of carbonyl (C=O) groups is 1. The van der Waals surface area contributed by atoms with Gasteiger partial charge in [-0.05, 0) is 31.6 Å². The molecular formula is C10H17NO2. The van der Waals surface area contributed by atoms with E-state index >= 15 is 0 Å². The first-order valence-electron chi connectivity index (χ1n) is 5.22. The minimum absolute atomic E-state index is 0.0353. The van der Waals surface area contributed by atoms with Crippen LogP contribution in [0.4, 0.5) is 0 Å². The lowest BCUT2D eigenvalue weighted by Gasteiger charge is -2.26. The number of carbonyl (C=O) groups excluding carboxylic acids is 1. The summed E-state index contributed by atoms with van der Waals surface area (Å²) in [6, 6.07) is 0.0353. The molecule has 2 rings (SSSR count). The molecule has 1 unspecified atom stereocenters. The van der Waals surface area contributed by atoms with Crippen LogP contribution in [-0.2, 0) is 4.79 Å². The fraction of sp³-hybridized carbons (Fsp3) is 0.900. The van der Waals surface area contributed by atoms with Crippen molar-refractivity contribution in [2.24, 2.45) is 11.8 Å². The zero-order valence-electron chi connectivity index (χ0n) is 7.83. The van der Waals surface area contributed by atoms with Gasteiger partial charge in [0.2, 0.25) is 5.91 Å². The summed E-state index contributed by atoms with van der Waals surface area (Å²) in [7, 11) is 0. The van der Waals surface area contributed by atoms with Gasteiger partial charge >= 0.3 is 0 Å². The molecule has 3 heteroatoms. The van der Waals surface area contributed by atoms with Crippen molar-refractivity contribution in [2.75, 3.05) is 6.61 Å². The lowest BCUT2D eigenvalue weighted by molar-refractivity contribution is -0.128. The zero-order valence-corrected chi connectivity index (χ0v) is 7.83. The van der Waals surface area contributed by atoms with E-state index in [2.05, 4.69) is 5.32 Å². The van der Waals surface area contributed by atoms with E-state index in [1.165, 1.54) is 6.42 Å². The van der Waals surface area contributed by atoms with Gasteiger partial charge in [-0.15, -0.1) is 0 Å². The van der Waals surface area contributed by atoms with Crippen molar-refractivity contribution in [3.05, 3.63) is 0 Å². The van der Waals surface area contributed by atoms with Crippen LogP contribution in [0.1, 0.15) is 32.1 Å². The van der Waals surface area contributed by atoms with E-state index in [1.807, 2.05) is 0 Å². The standard InChI is InChI=1S/C10H17NO2/c12-6-9(7-4-5-7)11-10(13)8-2-1-3-8/h7-9,12H,1-6H2,(H,11,13). The molecule has 0 aliphatic heterocycles. The smallest absolute Gasteiger partial charge is 0.223 e. The Bertz CT molecular complexity index is 197. The summed E-state index contributed by atoms with van der Waals surface area (Å²) >= 11 is 0. The number of amides is 1. The Kier molecular flexibility index (Phi) is 2.54. The second-order valence-corrected chi connectivity index (χ2v) is 4.26. The lowest BCUT2D eigenvalue weighted by Crippen LogP contribution is -2.43. The summed E-state index contributed by atoms with van der Waals surface area (Å²) in [4.78, 5) is 11.5. The molecule has 2 aliphatic rings. The first-order chi connectivity index (χ1) is 6.31. The number of nitrogens with one attached hydrogen (secondary N) is 1. The van der Waals surface area contributed by atoms with Crippen LogP contribution in [-0.4, -0.2) is 23.7 Å². The van der Waals surface area contributed by atoms with E-state index < -0.39 is 0 Å². The Hall–Kier alpha value is -0.570. The Labute approximate surface area is 78.5 Å². The fourth-order valence-corrected chi connectivity index (χ4v) is 1.78. The average Bonchev–Trinajstić information content (AvgIpc) is 2.79. The highest BCUT2D eigenvalue weighted by molar-refractivity contribution is 5.79. The zero-order chi connectivity index (χ0) is 9.26. The third kappa shape index (κ3) is 2.02. The minimum atomic E-state index is 0.0353. The topological polar surface area (TPSA) is 49.3 Å². The summed E-state index contributed by atoms with van der Waals surface area (Å²) < 4.78 is 0. The second kappa shape index (κ2) is 3.66. The quantitative estimate of drug-likeness (QED) is 0.673. The Balaban J connectivity index is 1.76. The van der Waals surface area contributed by atoms with Crippen LogP contribution in [0.25, 0.3) is 0 Å². The third-order valence-corrected chi connectivity index (χ3v) is 3.19. The van der Waals surface area contributed by atoms with E-state index in [0.717, 1.165) is 25.7 Å². The van der Waals surface area contributed by atoms with E-state index in [4.69, 9.17) is 5.11 Å². The van der Waals surface area contributed by atoms with Crippen molar-refractivity contribution in [2.45, 2.75) is 38.1 Å². The lowest BCUT2D eigenvalue weighted by atomic mass is 9.84. The maximum Gasteiger partial charge on any atom is 0.223 e. The van der Waals surface area contributed by atoms with Crippen LogP contribution in [0.2, 0.25) is 0 Å². The molecule has 2 aliphatic carbocycles. The largest absolute Gasteiger partial charge is 0.394 e. The molecule has 0 aromatic rings. The molecule has 0 bridgehead atoms. The van der Waals surface area contributed by atoms with E-state index in [0.29, 0.717) is 5.92 Å². The molecule has 1 atom stereocenters. The summed E-state index contributed by atoms with van der Waals surface area (Å²) in [5.41, 5.74) is 0. The molecule has 2 N–H and O–H groups in total. The number of aliphatic hydroxyl groups is 1. The minimum Gasteiger partial charge on any atom is -0.394 e. The van der Waals surface area contributed by atoms with Gasteiger partial charge in [0.25, 0.3) is 0 Å². The number of aliphatic hydroxyl groups excluding tert-OH is 1. The summed E-state index contributed by atoms with van der Waals surface area (Å²) in [6.07, 6.45) is 5.58. The number of hydrogen-bond acceptors (Lipinski definition) is 2. The van der Waals surface area contributed by atoms with E-state index in [-0.39, 0.29) is 24.5 Å². The molecular weight excluding hydrogens is 166 g/mol. The number of hydrogen-bond donors (Lipinski definition) is 2. The molecule has 0 spiro atoms. The van der Waals surface area contributed by atoms with Gasteiger partial charge < -0.3 is 10.4 Å². The average molecular weight is 183 g/mol. The van der Waals surface area contributed by atoms with Crippen LogP contribution >= 0.6 is 0 Å². The molecule has 2 saturated carbocycles. The van der Waals surface area contributed by atoms with Gasteiger partial charge in [-0.3, -0.25) is 4.79 Å². The Morgan fingerprint density at radius 2 is 2.08 bits per heavy atom. The van der Waals surface area contributed by atoms with Crippen LogP contribution in [0, 0.1) is 11.8 Å². The van der Waals surface area contributed by atoms with Crippen LogP contribution < -0.4 is 5.32 Å². The first-order valence-corrected chi connectivity index (χ1v) is 5.22. The third-order valence-electron chi connectivity index (χ3n) is 3.19. The monoisotopic (exact) mass is 183 g/mol. The van der Waals surface area contributed by atoms with Crippen LogP contribution in [0.3, 0.4) is 0 Å². The van der Waals surface area contributed by atoms with Crippen LogP contribution in [0.5, 0.6) is 0 Å².